The summed E-state index contributed by atoms with van der Waals surface area (Å²) in [6.45, 7) is 3.84. The third kappa shape index (κ3) is 1.84. The van der Waals surface area contributed by atoms with Gasteiger partial charge in [0.15, 0.2) is 0 Å². The number of ether oxygens (including phenoxy) is 1. The molecule has 3 nitrogen and oxygen atoms in total. The highest BCUT2D eigenvalue weighted by molar-refractivity contribution is 7.25. The van der Waals surface area contributed by atoms with Gasteiger partial charge in [-0.05, 0) is 31.5 Å². The van der Waals surface area contributed by atoms with E-state index in [9.17, 15) is 9.90 Å². The smallest absolute Gasteiger partial charge is 0.342 e. The number of benzene rings is 2. The monoisotopic (exact) mass is 286 g/mol. The molecule has 3 aromatic rings. The van der Waals surface area contributed by atoms with E-state index in [0.29, 0.717) is 5.56 Å². The summed E-state index contributed by atoms with van der Waals surface area (Å²) in [5.41, 5.74) is 0.964. The van der Waals surface area contributed by atoms with Crippen LogP contribution in [-0.2, 0) is 4.74 Å². The van der Waals surface area contributed by atoms with Crippen molar-refractivity contribution >= 4 is 37.5 Å². The van der Waals surface area contributed by atoms with Crippen LogP contribution in [0.4, 0.5) is 0 Å². The first-order valence-corrected chi connectivity index (χ1v) is 7.26. The van der Waals surface area contributed by atoms with Crippen LogP contribution in [0.5, 0.6) is 5.75 Å². The molecule has 1 aromatic heterocycles. The van der Waals surface area contributed by atoms with Crippen molar-refractivity contribution in [2.24, 2.45) is 0 Å². The number of aryl methyl sites for hydroxylation is 1. The fourth-order valence-corrected chi connectivity index (χ4v) is 3.62. The molecule has 0 aliphatic heterocycles. The van der Waals surface area contributed by atoms with Crippen LogP contribution in [0.25, 0.3) is 20.2 Å². The lowest BCUT2D eigenvalue weighted by atomic mass is 10.0. The molecular formula is C16H14O3S. The Morgan fingerprint density at radius 1 is 1.30 bits per heavy atom. The molecule has 0 saturated carbocycles. The minimum Gasteiger partial charge on any atom is -0.507 e. The van der Waals surface area contributed by atoms with E-state index >= 15 is 0 Å². The Kier molecular flexibility index (Phi) is 3.10. The number of aromatic hydroxyl groups is 1. The topological polar surface area (TPSA) is 46.5 Å². The van der Waals surface area contributed by atoms with Crippen LogP contribution in [0.15, 0.2) is 30.3 Å². The highest BCUT2D eigenvalue weighted by Gasteiger charge is 2.21. The Morgan fingerprint density at radius 3 is 2.80 bits per heavy atom. The molecule has 0 atom stereocenters. The fraction of sp³-hybridized carbons (Fsp3) is 0.188. The van der Waals surface area contributed by atoms with Gasteiger partial charge in [-0.2, -0.15) is 0 Å². The first kappa shape index (κ1) is 12.9. The van der Waals surface area contributed by atoms with Crippen molar-refractivity contribution in [1.82, 2.24) is 0 Å². The molecule has 0 aliphatic carbocycles. The van der Waals surface area contributed by atoms with Crippen LogP contribution >= 0.6 is 11.3 Å². The van der Waals surface area contributed by atoms with Crippen LogP contribution in [0, 0.1) is 6.92 Å². The van der Waals surface area contributed by atoms with E-state index in [1.807, 2.05) is 30.3 Å². The zero-order valence-corrected chi connectivity index (χ0v) is 12.1. The number of rotatable bonds is 2. The lowest BCUT2D eigenvalue weighted by Gasteiger charge is -2.09. The van der Waals surface area contributed by atoms with Crippen molar-refractivity contribution in [2.75, 3.05) is 6.61 Å². The summed E-state index contributed by atoms with van der Waals surface area (Å²) in [5, 5.41) is 12.0. The zero-order chi connectivity index (χ0) is 14.3. The summed E-state index contributed by atoms with van der Waals surface area (Å²) < 4.78 is 7.18. The van der Waals surface area contributed by atoms with Crippen molar-refractivity contribution in [3.05, 3.63) is 41.5 Å². The van der Waals surface area contributed by atoms with Gasteiger partial charge in [-0.25, -0.2) is 4.79 Å². The van der Waals surface area contributed by atoms with Crippen molar-refractivity contribution in [3.63, 3.8) is 0 Å². The number of phenols is 1. The van der Waals surface area contributed by atoms with Gasteiger partial charge in [0.2, 0.25) is 0 Å². The van der Waals surface area contributed by atoms with E-state index in [1.54, 1.807) is 25.2 Å². The lowest BCUT2D eigenvalue weighted by molar-refractivity contribution is 0.0525. The zero-order valence-electron chi connectivity index (χ0n) is 11.3. The van der Waals surface area contributed by atoms with E-state index in [1.165, 1.54) is 0 Å². The molecule has 0 unspecified atom stereocenters. The van der Waals surface area contributed by atoms with Gasteiger partial charge in [-0.1, -0.05) is 18.2 Å². The average molecular weight is 286 g/mol. The fourth-order valence-electron chi connectivity index (χ4n) is 2.41. The average Bonchev–Trinajstić information content (AvgIpc) is 2.78. The molecule has 3 rings (SSSR count). The summed E-state index contributed by atoms with van der Waals surface area (Å²) in [4.78, 5) is 12.2. The van der Waals surface area contributed by atoms with E-state index < -0.39 is 5.97 Å². The number of thiophene rings is 1. The minimum absolute atomic E-state index is 0.0134. The van der Waals surface area contributed by atoms with Crippen LogP contribution in [0.1, 0.15) is 22.8 Å². The van der Waals surface area contributed by atoms with Crippen molar-refractivity contribution in [2.45, 2.75) is 13.8 Å². The maximum atomic E-state index is 12.2. The summed E-state index contributed by atoms with van der Waals surface area (Å²) in [6.07, 6.45) is 0. The Hall–Kier alpha value is -2.07. The van der Waals surface area contributed by atoms with Crippen molar-refractivity contribution < 1.29 is 14.6 Å². The molecule has 0 aliphatic rings. The molecule has 1 N–H and O–H groups in total. The first-order valence-electron chi connectivity index (χ1n) is 6.44. The highest BCUT2D eigenvalue weighted by Crippen LogP contribution is 2.41. The lowest BCUT2D eigenvalue weighted by Crippen LogP contribution is -2.06. The summed E-state index contributed by atoms with van der Waals surface area (Å²) >= 11 is 1.62. The number of hydrogen-bond donors (Lipinski definition) is 1. The summed E-state index contributed by atoms with van der Waals surface area (Å²) in [6, 6.07) is 9.79. The van der Waals surface area contributed by atoms with Gasteiger partial charge in [-0.15, -0.1) is 11.3 Å². The Labute approximate surface area is 120 Å². The largest absolute Gasteiger partial charge is 0.507 e. The normalized spacial score (nSPS) is 11.1. The van der Waals surface area contributed by atoms with Crippen LogP contribution in [0.2, 0.25) is 0 Å². The van der Waals surface area contributed by atoms with Crippen LogP contribution in [0.3, 0.4) is 0 Å². The molecule has 2 aromatic carbocycles. The second-order valence-corrected chi connectivity index (χ2v) is 5.69. The van der Waals surface area contributed by atoms with E-state index in [2.05, 4.69) is 0 Å². The van der Waals surface area contributed by atoms with Gasteiger partial charge in [0.05, 0.1) is 6.61 Å². The first-order chi connectivity index (χ1) is 9.63. The molecule has 20 heavy (non-hydrogen) atoms. The van der Waals surface area contributed by atoms with Crippen LogP contribution < -0.4 is 0 Å². The molecule has 1 heterocycles. The summed E-state index contributed by atoms with van der Waals surface area (Å²) in [5.74, 6) is -0.457. The Balaban J connectivity index is 2.45. The minimum atomic E-state index is -0.470. The summed E-state index contributed by atoms with van der Waals surface area (Å²) in [7, 11) is 0. The maximum absolute atomic E-state index is 12.2. The molecule has 0 amide bonds. The van der Waals surface area contributed by atoms with Gasteiger partial charge in [0.25, 0.3) is 0 Å². The number of carbonyl (C=O) groups is 1. The van der Waals surface area contributed by atoms with E-state index in [4.69, 9.17) is 4.74 Å². The number of fused-ring (bicyclic) bond motifs is 3. The number of hydrogen-bond acceptors (Lipinski definition) is 4. The number of esters is 1. The maximum Gasteiger partial charge on any atom is 0.342 e. The third-order valence-electron chi connectivity index (χ3n) is 3.31. The second-order valence-electron chi connectivity index (χ2n) is 4.61. The molecular weight excluding hydrogens is 272 g/mol. The van der Waals surface area contributed by atoms with Gasteiger partial charge < -0.3 is 9.84 Å². The molecule has 0 saturated heterocycles. The third-order valence-corrected chi connectivity index (χ3v) is 4.43. The van der Waals surface area contributed by atoms with E-state index in [-0.39, 0.29) is 17.9 Å². The molecule has 0 spiro atoms. The molecule has 0 bridgehead atoms. The van der Waals surface area contributed by atoms with Gasteiger partial charge in [0.1, 0.15) is 11.3 Å². The Bertz CT molecular complexity index is 817. The number of carbonyl (C=O) groups excluding carboxylic acids is 1. The van der Waals surface area contributed by atoms with Crippen LogP contribution in [-0.4, -0.2) is 17.7 Å². The predicted octanol–water partition coefficient (Wildman–Crippen LogP) is 4.25. The highest BCUT2D eigenvalue weighted by atomic mass is 32.1. The van der Waals surface area contributed by atoms with E-state index in [0.717, 1.165) is 20.2 Å². The predicted molar refractivity (Wildman–Crippen MR) is 81.7 cm³/mol. The second kappa shape index (κ2) is 4.80. The molecule has 4 heteroatoms. The molecule has 102 valence electrons. The van der Waals surface area contributed by atoms with Gasteiger partial charge >= 0.3 is 5.97 Å². The standard InChI is InChI=1S/C16H14O3S/c1-3-19-16(18)14-13-10-6-4-5-7-11(10)20-12(13)8-9(2)15(14)17/h4-8,17H,3H2,1-2H3. The molecule has 0 fully saturated rings. The van der Waals surface area contributed by atoms with Gasteiger partial charge in [-0.3, -0.25) is 0 Å². The Morgan fingerprint density at radius 2 is 2.05 bits per heavy atom. The SMILES string of the molecule is CCOC(=O)c1c(O)c(C)cc2sc3ccccc3c12. The number of phenolic OH excluding ortho intramolecular Hbond substituents is 1. The quantitative estimate of drug-likeness (QED) is 0.716. The molecule has 0 radical (unpaired) electrons. The van der Waals surface area contributed by atoms with Crippen molar-refractivity contribution in [3.8, 4) is 5.75 Å². The van der Waals surface area contributed by atoms with Crippen molar-refractivity contribution in [1.29, 1.82) is 0 Å². The van der Waals surface area contributed by atoms with Gasteiger partial charge in [0, 0.05) is 20.2 Å².